The number of allylic oxidation sites excluding steroid dienone is 1. The molecule has 0 spiro atoms. The molecule has 0 aliphatic rings. The molecule has 2 heteroatoms. The minimum Gasteiger partial charge on any atom is -0.380 e. The van der Waals surface area contributed by atoms with Crippen LogP contribution in [0.2, 0.25) is 0 Å². The Hall–Kier alpha value is -0.630. The van der Waals surface area contributed by atoms with E-state index in [0.29, 0.717) is 13.2 Å². The van der Waals surface area contributed by atoms with Crippen molar-refractivity contribution in [2.24, 2.45) is 10.8 Å². The maximum atomic E-state index is 10.6. The van der Waals surface area contributed by atoms with Gasteiger partial charge in [-0.2, -0.15) is 0 Å². The van der Waals surface area contributed by atoms with Gasteiger partial charge in [-0.15, -0.1) is 6.58 Å². The second-order valence-corrected chi connectivity index (χ2v) is 5.26. The summed E-state index contributed by atoms with van der Waals surface area (Å²) >= 11 is 0. The number of carbonyl (C=O) groups is 1. The molecule has 0 unspecified atom stereocenters. The largest absolute Gasteiger partial charge is 0.380 e. The number of carbonyl (C=O) groups excluding carboxylic acids is 1. The van der Waals surface area contributed by atoms with Gasteiger partial charge < -0.3 is 9.53 Å². The van der Waals surface area contributed by atoms with E-state index in [0.717, 1.165) is 12.7 Å². The van der Waals surface area contributed by atoms with Gasteiger partial charge >= 0.3 is 0 Å². The Balaban J connectivity index is 3.83. The molecule has 0 radical (unpaired) electrons. The summed E-state index contributed by atoms with van der Waals surface area (Å²) in [7, 11) is 0. The van der Waals surface area contributed by atoms with E-state index < -0.39 is 0 Å². The fourth-order valence-electron chi connectivity index (χ4n) is 1.07. The first-order valence-corrected chi connectivity index (χ1v) is 4.98. The Morgan fingerprint density at radius 2 is 1.79 bits per heavy atom. The third-order valence-corrected chi connectivity index (χ3v) is 1.98. The Bertz CT molecular complexity index is 192. The van der Waals surface area contributed by atoms with Gasteiger partial charge in [0, 0.05) is 5.41 Å². The van der Waals surface area contributed by atoms with Crippen molar-refractivity contribution in [3.05, 3.63) is 12.7 Å². The first-order chi connectivity index (χ1) is 6.33. The summed E-state index contributed by atoms with van der Waals surface area (Å²) in [4.78, 5) is 10.6. The van der Waals surface area contributed by atoms with Crippen LogP contribution in [0.15, 0.2) is 12.7 Å². The fraction of sp³-hybridized carbons (Fsp3) is 0.750. The average Bonchev–Trinajstić information content (AvgIpc) is 2.03. The van der Waals surface area contributed by atoms with Crippen molar-refractivity contribution < 1.29 is 9.53 Å². The summed E-state index contributed by atoms with van der Waals surface area (Å²) in [5.41, 5.74) is -0.259. The van der Waals surface area contributed by atoms with E-state index in [1.165, 1.54) is 0 Å². The van der Waals surface area contributed by atoms with Gasteiger partial charge in [0.25, 0.3) is 0 Å². The average molecular weight is 198 g/mol. The third kappa shape index (κ3) is 5.92. The molecule has 0 N–H and O–H groups in total. The summed E-state index contributed by atoms with van der Waals surface area (Å²) in [6.45, 7) is 12.9. The van der Waals surface area contributed by atoms with E-state index in [4.69, 9.17) is 4.74 Å². The smallest absolute Gasteiger partial charge is 0.127 e. The zero-order valence-electron chi connectivity index (χ0n) is 9.80. The minimum atomic E-state index is -0.371. The van der Waals surface area contributed by atoms with Crippen molar-refractivity contribution in [3.8, 4) is 0 Å². The quantitative estimate of drug-likeness (QED) is 0.464. The summed E-state index contributed by atoms with van der Waals surface area (Å²) in [5, 5.41) is 0. The molecule has 0 aromatic rings. The minimum absolute atomic E-state index is 0.112. The number of hydrogen-bond acceptors (Lipinski definition) is 2. The molecule has 0 aliphatic carbocycles. The van der Waals surface area contributed by atoms with Gasteiger partial charge in [-0.25, -0.2) is 0 Å². The van der Waals surface area contributed by atoms with Crippen molar-refractivity contribution in [1.29, 1.82) is 0 Å². The Morgan fingerprint density at radius 1 is 1.21 bits per heavy atom. The van der Waals surface area contributed by atoms with Crippen molar-refractivity contribution >= 4 is 6.29 Å². The predicted octanol–water partition coefficient (Wildman–Crippen LogP) is 2.83. The molecule has 0 saturated carbocycles. The van der Waals surface area contributed by atoms with Crippen molar-refractivity contribution in [1.82, 2.24) is 0 Å². The second kappa shape index (κ2) is 5.30. The first kappa shape index (κ1) is 13.4. The van der Waals surface area contributed by atoms with Gasteiger partial charge in [-0.1, -0.05) is 33.8 Å². The standard InChI is InChI=1S/C12H22O2/c1-6-7-11(2,3)9-14-10-12(4,5)8-13/h6,8H,1,7,9-10H2,2-5H3. The third-order valence-electron chi connectivity index (χ3n) is 1.98. The maximum absolute atomic E-state index is 10.6. The Kier molecular flexibility index (Phi) is 5.06. The number of rotatable bonds is 7. The van der Waals surface area contributed by atoms with Crippen LogP contribution in [0.4, 0.5) is 0 Å². The van der Waals surface area contributed by atoms with Gasteiger partial charge in [-0.05, 0) is 11.8 Å². The fourth-order valence-corrected chi connectivity index (χ4v) is 1.07. The van der Waals surface area contributed by atoms with Gasteiger partial charge in [0.1, 0.15) is 6.29 Å². The SMILES string of the molecule is C=CCC(C)(C)COCC(C)(C)C=O. The van der Waals surface area contributed by atoms with Crippen LogP contribution in [0.3, 0.4) is 0 Å². The van der Waals surface area contributed by atoms with Crippen molar-refractivity contribution in [3.63, 3.8) is 0 Å². The van der Waals surface area contributed by atoms with Crippen LogP contribution < -0.4 is 0 Å². The molecule has 0 rings (SSSR count). The van der Waals surface area contributed by atoms with Crippen LogP contribution in [0.1, 0.15) is 34.1 Å². The van der Waals surface area contributed by atoms with Crippen LogP contribution in [0.5, 0.6) is 0 Å². The summed E-state index contributed by atoms with van der Waals surface area (Å²) in [6.07, 6.45) is 3.76. The van der Waals surface area contributed by atoms with Crippen LogP contribution in [-0.4, -0.2) is 19.5 Å². The number of aldehydes is 1. The number of ether oxygens (including phenoxy) is 1. The molecule has 0 aliphatic heterocycles. The zero-order chi connectivity index (χ0) is 11.2. The van der Waals surface area contributed by atoms with Gasteiger partial charge in [0.05, 0.1) is 13.2 Å². The molecule has 0 aromatic heterocycles. The highest BCUT2D eigenvalue weighted by atomic mass is 16.5. The highest BCUT2D eigenvalue weighted by Crippen LogP contribution is 2.22. The molecule has 0 aromatic carbocycles. The molecule has 14 heavy (non-hydrogen) atoms. The van der Waals surface area contributed by atoms with E-state index >= 15 is 0 Å². The molecule has 0 fully saturated rings. The highest BCUT2D eigenvalue weighted by Gasteiger charge is 2.20. The van der Waals surface area contributed by atoms with Gasteiger partial charge in [0.15, 0.2) is 0 Å². The lowest BCUT2D eigenvalue weighted by Gasteiger charge is -2.25. The lowest BCUT2D eigenvalue weighted by atomic mass is 9.90. The normalized spacial score (nSPS) is 12.6. The summed E-state index contributed by atoms with van der Waals surface area (Å²) in [6, 6.07) is 0. The van der Waals surface area contributed by atoms with Crippen LogP contribution >= 0.6 is 0 Å². The summed E-state index contributed by atoms with van der Waals surface area (Å²) in [5.74, 6) is 0. The molecular formula is C12H22O2. The molecule has 0 bridgehead atoms. The Morgan fingerprint density at radius 3 is 2.21 bits per heavy atom. The number of hydrogen-bond donors (Lipinski definition) is 0. The monoisotopic (exact) mass is 198 g/mol. The maximum Gasteiger partial charge on any atom is 0.127 e. The van der Waals surface area contributed by atoms with Gasteiger partial charge in [-0.3, -0.25) is 0 Å². The second-order valence-electron chi connectivity index (χ2n) is 5.26. The lowest BCUT2D eigenvalue weighted by Crippen LogP contribution is -2.26. The summed E-state index contributed by atoms with van der Waals surface area (Å²) < 4.78 is 5.53. The zero-order valence-corrected chi connectivity index (χ0v) is 9.80. The van der Waals surface area contributed by atoms with E-state index in [-0.39, 0.29) is 10.8 Å². The lowest BCUT2D eigenvalue weighted by molar-refractivity contribution is -0.118. The topological polar surface area (TPSA) is 26.3 Å². The molecule has 82 valence electrons. The molecule has 0 heterocycles. The Labute approximate surface area is 87.3 Å². The van der Waals surface area contributed by atoms with E-state index in [2.05, 4.69) is 20.4 Å². The van der Waals surface area contributed by atoms with Crippen LogP contribution in [0.25, 0.3) is 0 Å². The molecule has 0 amide bonds. The molecular weight excluding hydrogens is 176 g/mol. The van der Waals surface area contributed by atoms with Crippen molar-refractivity contribution in [2.75, 3.05) is 13.2 Å². The molecule has 0 saturated heterocycles. The van der Waals surface area contributed by atoms with Crippen LogP contribution in [0, 0.1) is 10.8 Å². The first-order valence-electron chi connectivity index (χ1n) is 4.98. The van der Waals surface area contributed by atoms with Crippen molar-refractivity contribution in [2.45, 2.75) is 34.1 Å². The van der Waals surface area contributed by atoms with Gasteiger partial charge in [0.2, 0.25) is 0 Å². The highest BCUT2D eigenvalue weighted by molar-refractivity contribution is 5.57. The van der Waals surface area contributed by atoms with E-state index in [9.17, 15) is 4.79 Å². The van der Waals surface area contributed by atoms with E-state index in [1.807, 2.05) is 19.9 Å². The molecule has 0 atom stereocenters. The van der Waals surface area contributed by atoms with Crippen LogP contribution in [-0.2, 0) is 9.53 Å². The molecule has 2 nitrogen and oxygen atoms in total. The predicted molar refractivity (Wildman–Crippen MR) is 59.3 cm³/mol. The van der Waals surface area contributed by atoms with E-state index in [1.54, 1.807) is 0 Å².